The van der Waals surface area contributed by atoms with Gasteiger partial charge in [-0.3, -0.25) is 4.79 Å². The van der Waals surface area contributed by atoms with Crippen molar-refractivity contribution in [3.8, 4) is 0 Å². The van der Waals surface area contributed by atoms with E-state index in [9.17, 15) is 13.6 Å². The molecule has 1 N–H and O–H groups in total. The van der Waals surface area contributed by atoms with Crippen molar-refractivity contribution in [2.75, 3.05) is 24.5 Å². The summed E-state index contributed by atoms with van der Waals surface area (Å²) in [6, 6.07) is 5.65. The van der Waals surface area contributed by atoms with Crippen molar-refractivity contribution in [1.29, 1.82) is 0 Å². The first kappa shape index (κ1) is 16.1. The minimum absolute atomic E-state index is 0.234. The van der Waals surface area contributed by atoms with E-state index in [4.69, 9.17) is 4.52 Å². The van der Waals surface area contributed by atoms with E-state index < -0.39 is 11.6 Å². The molecular weight excluding hydrogens is 328 g/mol. The molecule has 1 saturated heterocycles. The standard InChI is InChI=1S/C18H19F2N3O2/c19-14-4-3-13(7-15(14)20)23-6-5-11(10-23)9-21-18(24)16-8-17(25-22-16)12-1-2-12/h3-4,7-8,11-12H,1-2,5-6,9-10H2,(H,21,24). The molecular formula is C18H19F2N3O2. The minimum atomic E-state index is -0.843. The van der Waals surface area contributed by atoms with E-state index in [2.05, 4.69) is 10.5 Å². The van der Waals surface area contributed by atoms with Gasteiger partial charge < -0.3 is 14.7 Å². The second-order valence-corrected chi connectivity index (χ2v) is 6.80. The van der Waals surface area contributed by atoms with Gasteiger partial charge in [-0.15, -0.1) is 0 Å². The lowest BCUT2D eigenvalue weighted by Crippen LogP contribution is -2.31. The highest BCUT2D eigenvalue weighted by Gasteiger charge is 2.29. The lowest BCUT2D eigenvalue weighted by Gasteiger charge is -2.19. The monoisotopic (exact) mass is 347 g/mol. The van der Waals surface area contributed by atoms with E-state index in [1.54, 1.807) is 12.1 Å². The summed E-state index contributed by atoms with van der Waals surface area (Å²) >= 11 is 0. The molecule has 4 rings (SSSR count). The van der Waals surface area contributed by atoms with Gasteiger partial charge in [0.1, 0.15) is 5.76 Å². The second kappa shape index (κ2) is 6.46. The van der Waals surface area contributed by atoms with Crippen LogP contribution in [-0.4, -0.2) is 30.7 Å². The van der Waals surface area contributed by atoms with Gasteiger partial charge in [-0.05, 0) is 37.3 Å². The number of carbonyl (C=O) groups excluding carboxylic acids is 1. The number of hydrogen-bond acceptors (Lipinski definition) is 4. The maximum Gasteiger partial charge on any atom is 0.273 e. The largest absolute Gasteiger partial charge is 0.371 e. The van der Waals surface area contributed by atoms with Crippen LogP contribution >= 0.6 is 0 Å². The molecule has 0 spiro atoms. The molecule has 1 atom stereocenters. The van der Waals surface area contributed by atoms with Crippen LogP contribution in [0.5, 0.6) is 0 Å². The van der Waals surface area contributed by atoms with Crippen LogP contribution in [0.1, 0.15) is 41.4 Å². The third-order valence-corrected chi connectivity index (χ3v) is 4.85. The van der Waals surface area contributed by atoms with Crippen LogP contribution in [-0.2, 0) is 0 Å². The van der Waals surface area contributed by atoms with Crippen molar-refractivity contribution in [3.05, 3.63) is 47.4 Å². The van der Waals surface area contributed by atoms with Crippen LogP contribution in [0, 0.1) is 17.6 Å². The summed E-state index contributed by atoms with van der Waals surface area (Å²) in [5.74, 6) is -0.449. The first-order valence-corrected chi connectivity index (χ1v) is 8.55. The molecule has 5 nitrogen and oxygen atoms in total. The smallest absolute Gasteiger partial charge is 0.273 e. The maximum atomic E-state index is 13.4. The van der Waals surface area contributed by atoms with Gasteiger partial charge in [-0.25, -0.2) is 8.78 Å². The molecule has 7 heteroatoms. The Balaban J connectivity index is 1.30. The van der Waals surface area contributed by atoms with Gasteiger partial charge in [0, 0.05) is 43.4 Å². The summed E-state index contributed by atoms with van der Waals surface area (Å²) in [6.07, 6.45) is 3.07. The topological polar surface area (TPSA) is 58.4 Å². The molecule has 0 bridgehead atoms. The number of rotatable bonds is 5. The van der Waals surface area contributed by atoms with E-state index in [1.165, 1.54) is 6.07 Å². The summed E-state index contributed by atoms with van der Waals surface area (Å²) in [4.78, 5) is 14.2. The average molecular weight is 347 g/mol. The third kappa shape index (κ3) is 3.50. The van der Waals surface area contributed by atoms with Gasteiger partial charge >= 0.3 is 0 Å². The van der Waals surface area contributed by atoms with E-state index in [0.29, 0.717) is 30.4 Å². The van der Waals surface area contributed by atoms with Gasteiger partial charge in [-0.2, -0.15) is 0 Å². The van der Waals surface area contributed by atoms with Gasteiger partial charge in [0.05, 0.1) is 0 Å². The number of hydrogen-bond donors (Lipinski definition) is 1. The van der Waals surface area contributed by atoms with Gasteiger partial charge in [0.25, 0.3) is 5.91 Å². The van der Waals surface area contributed by atoms with Crippen LogP contribution in [0.2, 0.25) is 0 Å². The normalized spacial score (nSPS) is 20.1. The average Bonchev–Trinajstić information content (AvgIpc) is 3.15. The fraction of sp³-hybridized carbons (Fsp3) is 0.444. The number of amides is 1. The number of benzene rings is 1. The Morgan fingerprint density at radius 3 is 2.84 bits per heavy atom. The molecule has 132 valence electrons. The zero-order valence-corrected chi connectivity index (χ0v) is 13.7. The fourth-order valence-corrected chi connectivity index (χ4v) is 3.20. The minimum Gasteiger partial charge on any atom is -0.371 e. The van der Waals surface area contributed by atoms with Crippen LogP contribution in [0.25, 0.3) is 0 Å². The summed E-state index contributed by atoms with van der Waals surface area (Å²) in [7, 11) is 0. The Hall–Kier alpha value is -2.44. The molecule has 2 aliphatic rings. The zero-order chi connectivity index (χ0) is 17.4. The fourth-order valence-electron chi connectivity index (χ4n) is 3.20. The Kier molecular flexibility index (Phi) is 4.15. The van der Waals surface area contributed by atoms with Crippen molar-refractivity contribution < 1.29 is 18.1 Å². The summed E-state index contributed by atoms with van der Waals surface area (Å²) in [5, 5.41) is 6.71. The molecule has 1 amide bonds. The molecule has 2 heterocycles. The van der Waals surface area contributed by atoms with Crippen molar-refractivity contribution in [1.82, 2.24) is 10.5 Å². The third-order valence-electron chi connectivity index (χ3n) is 4.85. The van der Waals surface area contributed by atoms with E-state index in [-0.39, 0.29) is 11.8 Å². The summed E-state index contributed by atoms with van der Waals surface area (Å²) < 4.78 is 31.6. The van der Waals surface area contributed by atoms with Gasteiger partial charge in [0.15, 0.2) is 17.3 Å². The Bertz CT molecular complexity index is 788. The number of carbonyl (C=O) groups is 1. The maximum absolute atomic E-state index is 13.4. The molecule has 1 aromatic heterocycles. The van der Waals surface area contributed by atoms with Crippen LogP contribution < -0.4 is 10.2 Å². The van der Waals surface area contributed by atoms with E-state index in [1.807, 2.05) is 4.90 Å². The lowest BCUT2D eigenvalue weighted by atomic mass is 10.1. The molecule has 0 radical (unpaired) electrons. The molecule has 1 aromatic carbocycles. The first-order chi connectivity index (χ1) is 12.1. The Labute approximate surface area is 144 Å². The zero-order valence-electron chi connectivity index (χ0n) is 13.7. The highest BCUT2D eigenvalue weighted by molar-refractivity contribution is 5.92. The predicted molar refractivity (Wildman–Crippen MR) is 87.5 cm³/mol. The summed E-state index contributed by atoms with van der Waals surface area (Å²) in [5.41, 5.74) is 0.982. The van der Waals surface area contributed by atoms with Crippen molar-refractivity contribution in [3.63, 3.8) is 0 Å². The van der Waals surface area contributed by atoms with E-state index >= 15 is 0 Å². The highest BCUT2D eigenvalue weighted by atomic mass is 19.2. The molecule has 2 aromatic rings. The number of halogens is 2. The van der Waals surface area contributed by atoms with Crippen molar-refractivity contribution in [2.45, 2.75) is 25.2 Å². The quantitative estimate of drug-likeness (QED) is 0.903. The Morgan fingerprint density at radius 2 is 2.08 bits per heavy atom. The second-order valence-electron chi connectivity index (χ2n) is 6.80. The van der Waals surface area contributed by atoms with Crippen LogP contribution in [0.3, 0.4) is 0 Å². The van der Waals surface area contributed by atoms with E-state index in [0.717, 1.165) is 37.6 Å². The molecule has 1 saturated carbocycles. The van der Waals surface area contributed by atoms with Gasteiger partial charge in [0.2, 0.25) is 0 Å². The first-order valence-electron chi connectivity index (χ1n) is 8.55. The predicted octanol–water partition coefficient (Wildman–Crippen LogP) is 3.09. The lowest BCUT2D eigenvalue weighted by molar-refractivity contribution is 0.0939. The molecule has 1 aliphatic carbocycles. The van der Waals surface area contributed by atoms with Crippen molar-refractivity contribution >= 4 is 11.6 Å². The number of nitrogens with zero attached hydrogens (tertiary/aromatic N) is 2. The SMILES string of the molecule is O=C(NCC1CCN(c2ccc(F)c(F)c2)C1)c1cc(C2CC2)on1. The molecule has 1 aliphatic heterocycles. The molecule has 1 unspecified atom stereocenters. The van der Waals surface area contributed by atoms with Gasteiger partial charge in [-0.1, -0.05) is 5.16 Å². The summed E-state index contributed by atoms with van der Waals surface area (Å²) in [6.45, 7) is 1.96. The van der Waals surface area contributed by atoms with Crippen LogP contribution in [0.4, 0.5) is 14.5 Å². The number of aromatic nitrogens is 1. The molecule has 2 fully saturated rings. The van der Waals surface area contributed by atoms with Crippen LogP contribution in [0.15, 0.2) is 28.8 Å². The van der Waals surface area contributed by atoms with Crippen molar-refractivity contribution in [2.24, 2.45) is 5.92 Å². The highest BCUT2D eigenvalue weighted by Crippen LogP contribution is 2.40. The molecule has 25 heavy (non-hydrogen) atoms. The number of nitrogens with one attached hydrogen (secondary N) is 1. The number of anilines is 1. The Morgan fingerprint density at radius 1 is 1.24 bits per heavy atom.